The Labute approximate surface area is 214 Å². The highest BCUT2D eigenvalue weighted by molar-refractivity contribution is 6.09. The highest BCUT2D eigenvalue weighted by atomic mass is 19.4. The van der Waals surface area contributed by atoms with Crippen LogP contribution in [-0.4, -0.2) is 9.67 Å². The quantitative estimate of drug-likeness (QED) is 0.162. The molecule has 2 nitrogen and oxygen atoms in total. The lowest BCUT2D eigenvalue weighted by Crippen LogP contribution is -2.21. The number of aromatic nitrogens is 1. The smallest absolute Gasteiger partial charge is 0.381 e. The Morgan fingerprint density at radius 1 is 0.789 bits per heavy atom. The lowest BCUT2D eigenvalue weighted by molar-refractivity contribution is -0.137. The Morgan fingerprint density at radius 3 is 2.37 bits per heavy atom. The summed E-state index contributed by atoms with van der Waals surface area (Å²) in [5.41, 5.74) is -1.66. The second-order valence-electron chi connectivity index (χ2n) is 10.2. The molecule has 4 bridgehead atoms. The van der Waals surface area contributed by atoms with Gasteiger partial charge in [-0.15, -0.1) is 0 Å². The van der Waals surface area contributed by atoms with Gasteiger partial charge in [0.1, 0.15) is 5.60 Å². The number of allylic oxidation sites excluding steroid dienone is 1. The second kappa shape index (κ2) is 7.32. The third-order valence-electron chi connectivity index (χ3n) is 7.86. The Morgan fingerprint density at radius 2 is 1.58 bits per heavy atom. The molecule has 0 saturated heterocycles. The predicted molar refractivity (Wildman–Crippen MR) is 136 cm³/mol. The van der Waals surface area contributed by atoms with Gasteiger partial charge in [-0.1, -0.05) is 42.5 Å². The van der Waals surface area contributed by atoms with Gasteiger partial charge in [-0.05, 0) is 83.3 Å². The topological polar surface area (TPSA) is 25.2 Å². The second-order valence-corrected chi connectivity index (χ2v) is 10.2. The summed E-state index contributed by atoms with van der Waals surface area (Å²) in [7, 11) is 0. The van der Waals surface area contributed by atoms with Gasteiger partial charge >= 0.3 is 6.18 Å². The van der Waals surface area contributed by atoms with Crippen molar-refractivity contribution in [2.75, 3.05) is 0 Å². The van der Waals surface area contributed by atoms with E-state index >= 15 is 8.78 Å². The van der Waals surface area contributed by atoms with Crippen LogP contribution in [0, 0.1) is 0 Å². The molecule has 1 N–H and O–H groups in total. The number of rotatable bonds is 0. The summed E-state index contributed by atoms with van der Waals surface area (Å²) in [6.07, 6.45) is -4.98. The first kappa shape index (κ1) is 23.2. The van der Waals surface area contributed by atoms with Crippen LogP contribution in [0.1, 0.15) is 30.0 Å². The fraction of sp³-hybridized carbons (Fsp3) is 0.161. The Balaban J connectivity index is 1.66. The number of benzene rings is 4. The Bertz CT molecular complexity index is 1840. The molecule has 4 aromatic carbocycles. The minimum absolute atomic E-state index is 0.0373. The van der Waals surface area contributed by atoms with Gasteiger partial charge < -0.3 is 9.67 Å². The van der Waals surface area contributed by atoms with Crippen LogP contribution in [0.5, 0.6) is 0 Å². The van der Waals surface area contributed by atoms with Crippen molar-refractivity contribution in [2.45, 2.75) is 31.0 Å². The molecule has 2 heterocycles. The van der Waals surface area contributed by atoms with E-state index < -0.39 is 28.8 Å². The van der Waals surface area contributed by atoms with Crippen LogP contribution in [0.25, 0.3) is 38.6 Å². The average Bonchev–Trinajstić information content (AvgIpc) is 3.63. The van der Waals surface area contributed by atoms with Crippen molar-refractivity contribution in [3.63, 3.8) is 0 Å². The van der Waals surface area contributed by atoms with Gasteiger partial charge in [0, 0.05) is 22.2 Å². The van der Waals surface area contributed by atoms with E-state index in [9.17, 15) is 18.3 Å². The van der Waals surface area contributed by atoms with Crippen molar-refractivity contribution < 1.29 is 27.1 Å². The van der Waals surface area contributed by atoms with Crippen molar-refractivity contribution in [2.24, 2.45) is 0 Å². The van der Waals surface area contributed by atoms with Crippen LogP contribution in [0.3, 0.4) is 0 Å². The predicted octanol–water partition coefficient (Wildman–Crippen LogP) is 8.48. The summed E-state index contributed by atoms with van der Waals surface area (Å²) in [6, 6.07) is 22.7. The molecule has 0 radical (unpaired) electrons. The summed E-state index contributed by atoms with van der Waals surface area (Å²) in [6.45, 7) is 1.45. The zero-order valence-electron chi connectivity index (χ0n) is 20.1. The molecule has 7 rings (SSSR count). The molecule has 0 spiro atoms. The van der Waals surface area contributed by atoms with Crippen molar-refractivity contribution in [3.8, 4) is 16.9 Å². The normalized spacial score (nSPS) is 20.1. The zero-order valence-corrected chi connectivity index (χ0v) is 20.1. The van der Waals surface area contributed by atoms with Crippen LogP contribution < -0.4 is 0 Å². The molecule has 1 atom stereocenters. The van der Waals surface area contributed by atoms with E-state index in [0.717, 1.165) is 28.3 Å². The first-order valence-corrected chi connectivity index (χ1v) is 12.2. The number of fused-ring (bicyclic) bond motifs is 11. The fourth-order valence-corrected chi connectivity index (χ4v) is 5.77. The average molecular weight is 517 g/mol. The number of hydrogen-bond acceptors (Lipinski definition) is 1. The largest absolute Gasteiger partial charge is 0.416 e. The van der Waals surface area contributed by atoms with Crippen LogP contribution in [0.15, 0.2) is 96.1 Å². The van der Waals surface area contributed by atoms with Crippen molar-refractivity contribution in [1.82, 2.24) is 4.57 Å². The van der Waals surface area contributed by atoms with Crippen LogP contribution >= 0.6 is 0 Å². The number of hydrogen-bond donors (Lipinski definition) is 1. The molecule has 0 saturated carbocycles. The molecule has 5 aromatic rings. The van der Waals surface area contributed by atoms with Gasteiger partial charge in [0.15, 0.2) is 0 Å². The summed E-state index contributed by atoms with van der Waals surface area (Å²) in [5.74, 6) is -3.67. The molecule has 1 aliphatic heterocycles. The van der Waals surface area contributed by atoms with Gasteiger partial charge in [-0.25, -0.2) is 0 Å². The molecule has 1 aromatic heterocycles. The van der Waals surface area contributed by atoms with E-state index in [1.165, 1.54) is 6.92 Å². The van der Waals surface area contributed by atoms with Gasteiger partial charge in [-0.2, -0.15) is 22.0 Å². The minimum Gasteiger partial charge on any atom is -0.381 e. The number of nitrogens with zero attached hydrogens (tertiary/aromatic N) is 1. The van der Waals surface area contributed by atoms with Crippen LogP contribution in [0.4, 0.5) is 22.0 Å². The third-order valence-corrected chi connectivity index (χ3v) is 7.86. The Hall–Kier alpha value is -3.97. The highest BCUT2D eigenvalue weighted by Crippen LogP contribution is 2.56. The number of alkyl halides is 5. The maximum absolute atomic E-state index is 15.8. The third kappa shape index (κ3) is 3.21. The maximum Gasteiger partial charge on any atom is 0.416 e. The molecule has 38 heavy (non-hydrogen) atoms. The number of aliphatic hydroxyl groups is 1. The SMILES string of the molecule is CC1(O)C2=C(C2)C(F)(F)c2cc(cc(C(F)(F)F)c2)-c2cc3c4ccccc4ccc3n2-c2cccc1c2. The molecule has 1 unspecified atom stereocenters. The molecule has 1 aliphatic carbocycles. The lowest BCUT2D eigenvalue weighted by Gasteiger charge is -2.24. The molecule has 7 heteroatoms. The minimum atomic E-state index is -4.83. The molecular formula is C31H20F5NO. The van der Waals surface area contributed by atoms with E-state index in [1.807, 2.05) is 36.4 Å². The van der Waals surface area contributed by atoms with Gasteiger partial charge in [0.05, 0.1) is 16.8 Å². The zero-order chi connectivity index (χ0) is 26.6. The van der Waals surface area contributed by atoms with E-state index in [0.29, 0.717) is 28.5 Å². The van der Waals surface area contributed by atoms with Crippen molar-refractivity contribution in [3.05, 3.63) is 113 Å². The summed E-state index contributed by atoms with van der Waals surface area (Å²) in [4.78, 5) is 0. The van der Waals surface area contributed by atoms with Crippen LogP contribution in [0.2, 0.25) is 0 Å². The fourth-order valence-electron chi connectivity index (χ4n) is 5.77. The monoisotopic (exact) mass is 517 g/mol. The maximum atomic E-state index is 15.8. The van der Waals surface area contributed by atoms with E-state index in [-0.39, 0.29) is 23.1 Å². The summed E-state index contributed by atoms with van der Waals surface area (Å²) >= 11 is 0. The molecule has 2 aliphatic rings. The van der Waals surface area contributed by atoms with Crippen LogP contribution in [-0.2, 0) is 17.7 Å². The van der Waals surface area contributed by atoms with E-state index in [4.69, 9.17) is 0 Å². The summed E-state index contributed by atoms with van der Waals surface area (Å²) < 4.78 is 75.4. The standard InChI is InChI=1S/C31H20F5NO/c1-29(38)19-6-4-7-22(14-19)37-27-10-9-17-5-2-3-8-23(17)24(27)15-28(37)18-11-20(13-21(12-18)31(34,35)36)30(32,33)26-16-25(26)29/h2-15,38H,16H2,1H3. The Kier molecular flexibility index (Phi) is 4.46. The van der Waals surface area contributed by atoms with Crippen molar-refractivity contribution >= 4 is 21.7 Å². The van der Waals surface area contributed by atoms with E-state index in [1.54, 1.807) is 34.9 Å². The first-order chi connectivity index (χ1) is 18.0. The van der Waals surface area contributed by atoms with Gasteiger partial charge in [-0.3, -0.25) is 0 Å². The molecular weight excluding hydrogens is 497 g/mol. The first-order valence-electron chi connectivity index (χ1n) is 12.2. The number of halogens is 5. The van der Waals surface area contributed by atoms with Crippen molar-refractivity contribution in [1.29, 1.82) is 0 Å². The molecule has 0 fully saturated rings. The van der Waals surface area contributed by atoms with E-state index in [2.05, 4.69) is 0 Å². The highest BCUT2D eigenvalue weighted by Gasteiger charge is 2.52. The lowest BCUT2D eigenvalue weighted by atomic mass is 9.91. The van der Waals surface area contributed by atoms with Gasteiger partial charge in [0.2, 0.25) is 0 Å². The molecule has 190 valence electrons. The molecule has 0 amide bonds. The van der Waals surface area contributed by atoms with Gasteiger partial charge in [0.25, 0.3) is 5.92 Å². The summed E-state index contributed by atoms with van der Waals surface area (Å²) in [5, 5.41) is 14.0.